The van der Waals surface area contributed by atoms with Crippen molar-refractivity contribution >= 4 is 5.84 Å². The van der Waals surface area contributed by atoms with Gasteiger partial charge in [0, 0.05) is 26.3 Å². The van der Waals surface area contributed by atoms with Crippen molar-refractivity contribution in [3.63, 3.8) is 0 Å². The maximum atomic E-state index is 5.98. The minimum atomic E-state index is -0.279. The molecule has 0 amide bonds. The lowest BCUT2D eigenvalue weighted by molar-refractivity contribution is 0.309. The number of likely N-dealkylation sites (N-methyl/N-ethyl adjacent to an activating group) is 1. The monoisotopic (exact) mass is 258 g/mol. The second kappa shape index (κ2) is 5.89. The Morgan fingerprint density at radius 1 is 1.32 bits per heavy atom. The highest BCUT2D eigenvalue weighted by Crippen LogP contribution is 2.12. The molecule has 1 aromatic rings. The van der Waals surface area contributed by atoms with E-state index in [1.54, 1.807) is 0 Å². The number of hydrogen-bond acceptors (Lipinski definition) is 4. The second-order valence-electron chi connectivity index (χ2n) is 4.95. The Morgan fingerprint density at radius 2 is 2.00 bits per heavy atom. The van der Waals surface area contributed by atoms with Crippen molar-refractivity contribution in [3.05, 3.63) is 47.7 Å². The van der Waals surface area contributed by atoms with Crippen LogP contribution in [0.5, 0.6) is 0 Å². The third kappa shape index (κ3) is 3.35. The quantitative estimate of drug-likeness (QED) is 0.896. The Balaban J connectivity index is 1.97. The molecule has 102 valence electrons. The molecule has 4 nitrogen and oxygen atoms in total. The summed E-state index contributed by atoms with van der Waals surface area (Å²) in [6, 6.07) is 10.5. The third-order valence-corrected chi connectivity index (χ3v) is 3.53. The molecular formula is C15H22N4. The molecule has 1 unspecified atom stereocenters. The van der Waals surface area contributed by atoms with Crippen LogP contribution in [0.25, 0.3) is 0 Å². The third-order valence-electron chi connectivity index (χ3n) is 3.53. The van der Waals surface area contributed by atoms with Gasteiger partial charge in [0.2, 0.25) is 0 Å². The van der Waals surface area contributed by atoms with E-state index in [9.17, 15) is 0 Å². The number of benzene rings is 1. The summed E-state index contributed by atoms with van der Waals surface area (Å²) in [4.78, 5) is 8.62. The zero-order chi connectivity index (χ0) is 13.8. The van der Waals surface area contributed by atoms with Gasteiger partial charge in [-0.15, -0.1) is 0 Å². The smallest absolute Gasteiger partial charge is 0.175 e. The number of nitrogens with two attached hydrogens (primary N) is 1. The van der Waals surface area contributed by atoms with E-state index in [0.717, 1.165) is 24.5 Å². The first-order valence-corrected chi connectivity index (χ1v) is 6.57. The normalized spacial score (nSPS) is 18.9. The molecular weight excluding hydrogens is 236 g/mol. The van der Waals surface area contributed by atoms with E-state index in [0.29, 0.717) is 0 Å². The molecule has 4 heteroatoms. The summed E-state index contributed by atoms with van der Waals surface area (Å²) in [5, 5.41) is 0. The predicted octanol–water partition coefficient (Wildman–Crippen LogP) is 1.65. The molecule has 0 spiro atoms. The first-order valence-electron chi connectivity index (χ1n) is 6.57. The molecule has 1 atom stereocenters. The largest absolute Gasteiger partial charge is 0.359 e. The van der Waals surface area contributed by atoms with E-state index < -0.39 is 0 Å². The highest BCUT2D eigenvalue weighted by Gasteiger charge is 2.17. The minimum Gasteiger partial charge on any atom is -0.359 e. The summed E-state index contributed by atoms with van der Waals surface area (Å²) in [6.45, 7) is 2.99. The van der Waals surface area contributed by atoms with Gasteiger partial charge in [0.1, 0.15) is 5.84 Å². The Labute approximate surface area is 115 Å². The molecule has 1 aliphatic rings. The van der Waals surface area contributed by atoms with Gasteiger partial charge in [-0.05, 0) is 25.0 Å². The average Bonchev–Trinajstić information content (AvgIpc) is 2.42. The summed E-state index contributed by atoms with van der Waals surface area (Å²) in [5.74, 6) is 0.957. The van der Waals surface area contributed by atoms with Crippen molar-refractivity contribution < 1.29 is 0 Å². The summed E-state index contributed by atoms with van der Waals surface area (Å²) >= 11 is 0. The van der Waals surface area contributed by atoms with Crippen molar-refractivity contribution in [2.75, 3.05) is 20.6 Å². The van der Waals surface area contributed by atoms with E-state index >= 15 is 0 Å². The number of amidine groups is 1. The first kappa shape index (κ1) is 13.6. The van der Waals surface area contributed by atoms with Crippen molar-refractivity contribution in [2.24, 2.45) is 10.7 Å². The fourth-order valence-electron chi connectivity index (χ4n) is 2.02. The van der Waals surface area contributed by atoms with Crippen LogP contribution >= 0.6 is 0 Å². The van der Waals surface area contributed by atoms with Gasteiger partial charge in [-0.3, -0.25) is 5.73 Å². The first-order chi connectivity index (χ1) is 9.08. The molecule has 0 saturated heterocycles. The second-order valence-corrected chi connectivity index (χ2v) is 4.95. The Kier molecular flexibility index (Phi) is 4.22. The van der Waals surface area contributed by atoms with Gasteiger partial charge in [-0.2, -0.15) is 0 Å². The predicted molar refractivity (Wildman–Crippen MR) is 79.7 cm³/mol. The van der Waals surface area contributed by atoms with Gasteiger partial charge in [-0.25, -0.2) is 4.99 Å². The molecule has 1 heterocycles. The van der Waals surface area contributed by atoms with E-state index in [2.05, 4.69) is 54.2 Å². The molecule has 0 saturated carbocycles. The highest BCUT2D eigenvalue weighted by molar-refractivity contribution is 5.94. The van der Waals surface area contributed by atoms with Crippen molar-refractivity contribution in [1.82, 2.24) is 9.80 Å². The SMILES string of the molecule is CC1=CC(N(C)CCc2ccccc2)=NC(N)N1C. The van der Waals surface area contributed by atoms with Crippen LogP contribution in [-0.4, -0.2) is 42.6 Å². The number of rotatable bonds is 3. The fourth-order valence-corrected chi connectivity index (χ4v) is 2.02. The molecule has 0 radical (unpaired) electrons. The van der Waals surface area contributed by atoms with Gasteiger partial charge < -0.3 is 9.80 Å². The number of allylic oxidation sites excluding steroid dienone is 1. The van der Waals surface area contributed by atoms with Gasteiger partial charge in [0.15, 0.2) is 6.29 Å². The molecule has 0 aliphatic carbocycles. The molecule has 0 fully saturated rings. The summed E-state index contributed by atoms with van der Waals surface area (Å²) in [5.41, 5.74) is 8.46. The topological polar surface area (TPSA) is 44.9 Å². The highest BCUT2D eigenvalue weighted by atomic mass is 15.3. The number of nitrogens with zero attached hydrogens (tertiary/aromatic N) is 3. The van der Waals surface area contributed by atoms with Gasteiger partial charge in [-0.1, -0.05) is 30.3 Å². The summed E-state index contributed by atoms with van der Waals surface area (Å²) in [7, 11) is 4.02. The number of aliphatic imine (C=N–C) groups is 1. The molecule has 19 heavy (non-hydrogen) atoms. The van der Waals surface area contributed by atoms with Crippen LogP contribution in [0, 0.1) is 0 Å². The maximum Gasteiger partial charge on any atom is 0.175 e. The lowest BCUT2D eigenvalue weighted by Gasteiger charge is -2.31. The van der Waals surface area contributed by atoms with Crippen LogP contribution < -0.4 is 5.73 Å². The number of hydrogen-bond donors (Lipinski definition) is 1. The molecule has 2 N–H and O–H groups in total. The zero-order valence-electron chi connectivity index (χ0n) is 11.9. The zero-order valence-corrected chi connectivity index (χ0v) is 11.9. The molecule has 1 aromatic carbocycles. The van der Waals surface area contributed by atoms with Crippen molar-refractivity contribution in [1.29, 1.82) is 0 Å². The molecule has 2 rings (SSSR count). The standard InChI is InChI=1S/C15H22N4/c1-12-11-14(17-15(16)19(12)3)18(2)10-9-13-7-5-4-6-8-13/h4-8,11,15H,9-10,16H2,1-3H3. The van der Waals surface area contributed by atoms with Gasteiger partial charge >= 0.3 is 0 Å². The minimum absolute atomic E-state index is 0.279. The van der Waals surface area contributed by atoms with Crippen LogP contribution in [0.15, 0.2) is 47.1 Å². The van der Waals surface area contributed by atoms with Gasteiger partial charge in [0.25, 0.3) is 0 Å². The molecule has 0 bridgehead atoms. The maximum absolute atomic E-state index is 5.98. The van der Waals surface area contributed by atoms with Crippen LogP contribution in [0.2, 0.25) is 0 Å². The molecule has 0 aromatic heterocycles. The van der Waals surface area contributed by atoms with E-state index in [-0.39, 0.29) is 6.29 Å². The van der Waals surface area contributed by atoms with Crippen LogP contribution in [0.3, 0.4) is 0 Å². The van der Waals surface area contributed by atoms with Crippen molar-refractivity contribution in [3.8, 4) is 0 Å². The van der Waals surface area contributed by atoms with Crippen molar-refractivity contribution in [2.45, 2.75) is 19.6 Å². The van der Waals surface area contributed by atoms with Crippen LogP contribution in [0.4, 0.5) is 0 Å². The van der Waals surface area contributed by atoms with E-state index in [1.165, 1.54) is 5.56 Å². The summed E-state index contributed by atoms with van der Waals surface area (Å²) < 4.78 is 0. The fraction of sp³-hybridized carbons (Fsp3) is 0.400. The average molecular weight is 258 g/mol. The van der Waals surface area contributed by atoms with E-state index in [4.69, 9.17) is 5.73 Å². The summed E-state index contributed by atoms with van der Waals surface area (Å²) in [6.07, 6.45) is 2.81. The lowest BCUT2D eigenvalue weighted by Crippen LogP contribution is -2.42. The Morgan fingerprint density at radius 3 is 2.63 bits per heavy atom. The van der Waals surface area contributed by atoms with Gasteiger partial charge in [0.05, 0.1) is 0 Å². The van der Waals surface area contributed by atoms with Crippen LogP contribution in [0.1, 0.15) is 12.5 Å². The molecule has 1 aliphatic heterocycles. The lowest BCUT2D eigenvalue weighted by atomic mass is 10.1. The van der Waals surface area contributed by atoms with E-state index in [1.807, 2.05) is 18.0 Å². The Bertz CT molecular complexity index is 478. The van der Waals surface area contributed by atoms with Crippen LogP contribution in [-0.2, 0) is 6.42 Å². The Hall–Kier alpha value is -1.81.